The van der Waals surface area contributed by atoms with Gasteiger partial charge in [-0.25, -0.2) is 0 Å². The number of nitrogens with one attached hydrogen (secondary N) is 1. The molecule has 1 aromatic carbocycles. The number of hydrogen-bond acceptors (Lipinski definition) is 5. The number of halogens is 1. The van der Waals surface area contributed by atoms with Crippen molar-refractivity contribution < 1.29 is 4.52 Å². The molecule has 0 amide bonds. The zero-order valence-corrected chi connectivity index (χ0v) is 12.6. The van der Waals surface area contributed by atoms with Gasteiger partial charge in [0.2, 0.25) is 5.89 Å². The molecule has 0 spiro atoms. The van der Waals surface area contributed by atoms with Crippen LogP contribution in [0.25, 0.3) is 0 Å². The van der Waals surface area contributed by atoms with Crippen molar-refractivity contribution in [2.75, 3.05) is 23.3 Å². The predicted octanol–water partition coefficient (Wildman–Crippen LogP) is 3.72. The van der Waals surface area contributed by atoms with Crippen LogP contribution in [0, 0.1) is 0 Å². The normalized spacial score (nSPS) is 15.8. The van der Waals surface area contributed by atoms with Crippen LogP contribution >= 0.6 is 11.6 Å². The fraction of sp³-hybridized carbons (Fsp3) is 0.467. The number of anilines is 2. The molecule has 0 aliphatic carbocycles. The Balaban J connectivity index is 1.59. The molecule has 1 saturated heterocycles. The lowest BCUT2D eigenvalue weighted by molar-refractivity contribution is 0.382. The van der Waals surface area contributed by atoms with Gasteiger partial charge in [-0.1, -0.05) is 30.5 Å². The first kappa shape index (κ1) is 14.2. The van der Waals surface area contributed by atoms with Gasteiger partial charge >= 0.3 is 0 Å². The van der Waals surface area contributed by atoms with Crippen molar-refractivity contribution in [3.63, 3.8) is 0 Å². The first-order valence-electron chi connectivity index (χ1n) is 7.38. The Kier molecular flexibility index (Phi) is 4.60. The molecular weight excluding hydrogens is 288 g/mol. The van der Waals surface area contributed by atoms with E-state index >= 15 is 0 Å². The van der Waals surface area contributed by atoms with E-state index in [0.717, 1.165) is 18.8 Å². The van der Waals surface area contributed by atoms with Crippen LogP contribution in [-0.2, 0) is 6.54 Å². The fourth-order valence-electron chi connectivity index (χ4n) is 2.49. The van der Waals surface area contributed by atoms with Crippen molar-refractivity contribution >= 4 is 23.2 Å². The predicted molar refractivity (Wildman–Crippen MR) is 83.8 cm³/mol. The Morgan fingerprint density at radius 3 is 2.76 bits per heavy atom. The average Bonchev–Trinajstić information content (AvgIpc) is 2.79. The summed E-state index contributed by atoms with van der Waals surface area (Å²) in [6.07, 6.45) is 4.98. The molecule has 1 aliphatic heterocycles. The highest BCUT2D eigenvalue weighted by Crippen LogP contribution is 2.18. The zero-order chi connectivity index (χ0) is 14.5. The van der Waals surface area contributed by atoms with E-state index in [9.17, 15) is 0 Å². The van der Waals surface area contributed by atoms with Crippen molar-refractivity contribution in [1.29, 1.82) is 0 Å². The summed E-state index contributed by atoms with van der Waals surface area (Å²) < 4.78 is 5.31. The molecule has 6 heteroatoms. The Morgan fingerprint density at radius 2 is 2.00 bits per heavy atom. The second-order valence-electron chi connectivity index (χ2n) is 5.25. The van der Waals surface area contributed by atoms with E-state index in [1.165, 1.54) is 25.7 Å². The molecule has 5 nitrogen and oxygen atoms in total. The molecule has 2 heterocycles. The molecule has 21 heavy (non-hydrogen) atoms. The van der Waals surface area contributed by atoms with E-state index in [1.54, 1.807) is 0 Å². The van der Waals surface area contributed by atoms with Gasteiger partial charge in [-0.15, -0.1) is 0 Å². The molecule has 1 fully saturated rings. The van der Waals surface area contributed by atoms with E-state index in [2.05, 4.69) is 20.4 Å². The molecule has 1 aliphatic rings. The summed E-state index contributed by atoms with van der Waals surface area (Å²) in [5.74, 6) is 1.30. The summed E-state index contributed by atoms with van der Waals surface area (Å²) in [6.45, 7) is 2.53. The Bertz CT molecular complexity index is 579. The Labute approximate surface area is 129 Å². The third kappa shape index (κ3) is 3.88. The van der Waals surface area contributed by atoms with Crippen LogP contribution in [0.15, 0.2) is 28.8 Å². The second kappa shape index (κ2) is 6.80. The second-order valence-corrected chi connectivity index (χ2v) is 5.69. The largest absolute Gasteiger partial charge is 0.376 e. The molecule has 0 bridgehead atoms. The van der Waals surface area contributed by atoms with Crippen LogP contribution in [-0.4, -0.2) is 23.2 Å². The highest BCUT2D eigenvalue weighted by molar-refractivity contribution is 6.30. The Hall–Kier alpha value is -1.75. The standard InChI is InChI=1S/C15H19ClN4O/c16-12-6-5-7-13(10-12)17-11-14-18-15(19-21-14)20-8-3-1-2-4-9-20/h5-7,10,17H,1-4,8-9,11H2. The van der Waals surface area contributed by atoms with Crippen molar-refractivity contribution in [3.05, 3.63) is 35.2 Å². The zero-order valence-electron chi connectivity index (χ0n) is 11.9. The van der Waals surface area contributed by atoms with Crippen molar-refractivity contribution in [2.45, 2.75) is 32.2 Å². The molecule has 2 aromatic rings. The summed E-state index contributed by atoms with van der Waals surface area (Å²) in [6, 6.07) is 7.57. The minimum absolute atomic E-state index is 0.501. The Morgan fingerprint density at radius 1 is 1.19 bits per heavy atom. The van der Waals surface area contributed by atoms with Gasteiger partial charge in [-0.3, -0.25) is 0 Å². The van der Waals surface area contributed by atoms with Crippen LogP contribution in [0.1, 0.15) is 31.6 Å². The molecule has 0 unspecified atom stereocenters. The van der Waals surface area contributed by atoms with E-state index in [0.29, 0.717) is 23.4 Å². The van der Waals surface area contributed by atoms with Gasteiger partial charge in [0.05, 0.1) is 6.54 Å². The third-order valence-electron chi connectivity index (χ3n) is 3.61. The summed E-state index contributed by atoms with van der Waals surface area (Å²) in [5, 5.41) is 8.02. The van der Waals surface area contributed by atoms with Crippen molar-refractivity contribution in [3.8, 4) is 0 Å². The van der Waals surface area contributed by atoms with Gasteiger partial charge in [0.15, 0.2) is 0 Å². The summed E-state index contributed by atoms with van der Waals surface area (Å²) in [5.41, 5.74) is 0.942. The van der Waals surface area contributed by atoms with E-state index < -0.39 is 0 Å². The monoisotopic (exact) mass is 306 g/mol. The molecule has 0 radical (unpaired) electrons. The first-order chi connectivity index (χ1) is 10.3. The van der Waals surface area contributed by atoms with Crippen LogP contribution in [0.3, 0.4) is 0 Å². The molecule has 1 aromatic heterocycles. The third-order valence-corrected chi connectivity index (χ3v) is 3.85. The van der Waals surface area contributed by atoms with Gasteiger partial charge in [0, 0.05) is 23.8 Å². The average molecular weight is 307 g/mol. The van der Waals surface area contributed by atoms with Crippen LogP contribution in [0.4, 0.5) is 11.6 Å². The summed E-state index contributed by atoms with van der Waals surface area (Å²) in [7, 11) is 0. The van der Waals surface area contributed by atoms with Gasteiger partial charge in [0.1, 0.15) is 0 Å². The SMILES string of the molecule is Clc1cccc(NCc2nc(N3CCCCCC3)no2)c1. The van der Waals surface area contributed by atoms with Crippen LogP contribution in [0.2, 0.25) is 5.02 Å². The lowest BCUT2D eigenvalue weighted by atomic mass is 10.2. The van der Waals surface area contributed by atoms with Crippen LogP contribution < -0.4 is 10.2 Å². The minimum Gasteiger partial charge on any atom is -0.376 e. The van der Waals surface area contributed by atoms with Gasteiger partial charge in [-0.05, 0) is 36.2 Å². The topological polar surface area (TPSA) is 54.2 Å². The maximum absolute atomic E-state index is 5.95. The molecule has 3 rings (SSSR count). The maximum Gasteiger partial charge on any atom is 0.266 e. The number of hydrogen-bond donors (Lipinski definition) is 1. The number of rotatable bonds is 4. The number of nitrogens with zero attached hydrogens (tertiary/aromatic N) is 3. The van der Waals surface area contributed by atoms with Crippen molar-refractivity contribution in [2.24, 2.45) is 0 Å². The van der Waals surface area contributed by atoms with Gasteiger partial charge < -0.3 is 14.7 Å². The summed E-state index contributed by atoms with van der Waals surface area (Å²) >= 11 is 5.95. The lowest BCUT2D eigenvalue weighted by Gasteiger charge is -2.16. The number of benzene rings is 1. The van der Waals surface area contributed by atoms with Gasteiger partial charge in [0.25, 0.3) is 5.95 Å². The highest BCUT2D eigenvalue weighted by Gasteiger charge is 2.15. The minimum atomic E-state index is 0.501. The summed E-state index contributed by atoms with van der Waals surface area (Å²) in [4.78, 5) is 6.67. The van der Waals surface area contributed by atoms with Crippen LogP contribution in [0.5, 0.6) is 0 Å². The van der Waals surface area contributed by atoms with Crippen molar-refractivity contribution in [1.82, 2.24) is 10.1 Å². The maximum atomic E-state index is 5.95. The molecular formula is C15H19ClN4O. The molecule has 1 N–H and O–H groups in total. The van der Waals surface area contributed by atoms with E-state index in [4.69, 9.17) is 16.1 Å². The first-order valence-corrected chi connectivity index (χ1v) is 7.76. The molecule has 0 atom stereocenters. The fourth-order valence-corrected chi connectivity index (χ4v) is 2.68. The van der Waals surface area contributed by atoms with E-state index in [-0.39, 0.29) is 0 Å². The number of aromatic nitrogens is 2. The van der Waals surface area contributed by atoms with Gasteiger partial charge in [-0.2, -0.15) is 4.98 Å². The molecule has 0 saturated carbocycles. The van der Waals surface area contributed by atoms with E-state index in [1.807, 2.05) is 24.3 Å². The lowest BCUT2D eigenvalue weighted by Crippen LogP contribution is -2.25. The smallest absolute Gasteiger partial charge is 0.266 e. The molecule has 112 valence electrons. The highest BCUT2D eigenvalue weighted by atomic mass is 35.5. The quantitative estimate of drug-likeness (QED) is 0.933.